The predicted molar refractivity (Wildman–Crippen MR) is 88.0 cm³/mol. The van der Waals surface area contributed by atoms with Gasteiger partial charge in [0.1, 0.15) is 0 Å². The van der Waals surface area contributed by atoms with Gasteiger partial charge in [0.15, 0.2) is 0 Å². The van der Waals surface area contributed by atoms with Gasteiger partial charge >= 0.3 is 0 Å². The first-order valence-corrected chi connectivity index (χ1v) is 8.43. The van der Waals surface area contributed by atoms with Crippen LogP contribution in [0, 0.1) is 17.2 Å². The molecule has 1 saturated carbocycles. The summed E-state index contributed by atoms with van der Waals surface area (Å²) in [4.78, 5) is 0. The molecular formula is C19H25Cl. The van der Waals surface area contributed by atoms with E-state index in [4.69, 9.17) is 11.6 Å². The topological polar surface area (TPSA) is 0 Å². The molecule has 0 aliphatic heterocycles. The highest BCUT2D eigenvalue weighted by Gasteiger charge is 2.23. The van der Waals surface area contributed by atoms with Gasteiger partial charge in [0.05, 0.1) is 0 Å². The van der Waals surface area contributed by atoms with Crippen LogP contribution in [0.5, 0.6) is 0 Å². The monoisotopic (exact) mass is 288 g/mol. The van der Waals surface area contributed by atoms with Crippen LogP contribution < -0.4 is 0 Å². The second-order valence-electron chi connectivity index (χ2n) is 6.02. The molecule has 0 N–H and O–H groups in total. The fourth-order valence-electron chi connectivity index (χ4n) is 3.46. The lowest BCUT2D eigenvalue weighted by atomic mass is 9.76. The summed E-state index contributed by atoms with van der Waals surface area (Å²) in [6.45, 7) is 2.28. The molecule has 0 bridgehead atoms. The Labute approximate surface area is 128 Å². The lowest BCUT2D eigenvalue weighted by molar-refractivity contribution is 0.302. The molecule has 0 unspecified atom stereocenters. The fourth-order valence-corrected chi connectivity index (χ4v) is 3.56. The zero-order valence-electron chi connectivity index (χ0n) is 12.5. The first-order valence-electron chi connectivity index (χ1n) is 8.05. The Morgan fingerprint density at radius 2 is 1.85 bits per heavy atom. The van der Waals surface area contributed by atoms with Crippen molar-refractivity contribution >= 4 is 11.6 Å². The Morgan fingerprint density at radius 1 is 1.10 bits per heavy atom. The number of hydrogen-bond donors (Lipinski definition) is 0. The molecule has 0 aromatic heterocycles. The summed E-state index contributed by atoms with van der Waals surface area (Å²) in [5.41, 5.74) is 2.53. The smallest absolute Gasteiger partial charge is 0.0292 e. The molecule has 108 valence electrons. The molecule has 0 atom stereocenters. The molecule has 20 heavy (non-hydrogen) atoms. The van der Waals surface area contributed by atoms with Crippen LogP contribution in [0.25, 0.3) is 0 Å². The highest BCUT2D eigenvalue weighted by atomic mass is 35.5. The summed E-state index contributed by atoms with van der Waals surface area (Å²) in [5.74, 6) is 4.69. The van der Waals surface area contributed by atoms with E-state index in [0.717, 1.165) is 11.5 Å². The van der Waals surface area contributed by atoms with E-state index in [1.165, 1.54) is 56.9 Å². The molecule has 1 aliphatic rings. The molecule has 1 fully saturated rings. The zero-order valence-corrected chi connectivity index (χ0v) is 13.3. The summed E-state index contributed by atoms with van der Waals surface area (Å²) in [7, 11) is 0. The van der Waals surface area contributed by atoms with Gasteiger partial charge in [-0.25, -0.2) is 0 Å². The van der Waals surface area contributed by atoms with Gasteiger partial charge in [0, 0.05) is 10.9 Å². The number of halogens is 1. The van der Waals surface area contributed by atoms with Crippen molar-refractivity contribution in [3.05, 3.63) is 35.4 Å². The summed E-state index contributed by atoms with van der Waals surface area (Å²) in [6.07, 6.45) is 11.0. The van der Waals surface area contributed by atoms with Crippen LogP contribution in [0.3, 0.4) is 0 Å². The van der Waals surface area contributed by atoms with Gasteiger partial charge < -0.3 is 0 Å². The van der Waals surface area contributed by atoms with Crippen molar-refractivity contribution in [2.45, 2.75) is 64.2 Å². The van der Waals surface area contributed by atoms with E-state index in [0.29, 0.717) is 5.92 Å². The van der Waals surface area contributed by atoms with Crippen molar-refractivity contribution in [3.63, 3.8) is 0 Å². The SMILES string of the molecule is CCCCCC1CCC(c2ccccc2C#CCl)CC1. The van der Waals surface area contributed by atoms with Crippen LogP contribution in [0.15, 0.2) is 24.3 Å². The largest absolute Gasteiger partial charge is 0.0654 e. The quantitative estimate of drug-likeness (QED) is 0.454. The first-order chi connectivity index (χ1) is 9.85. The molecule has 0 nitrogen and oxygen atoms in total. The van der Waals surface area contributed by atoms with Crippen LogP contribution in [0.2, 0.25) is 0 Å². The van der Waals surface area contributed by atoms with Crippen LogP contribution >= 0.6 is 11.6 Å². The lowest BCUT2D eigenvalue weighted by Crippen LogP contribution is -2.14. The van der Waals surface area contributed by atoms with Crippen LogP contribution in [-0.2, 0) is 0 Å². The third-order valence-corrected chi connectivity index (χ3v) is 4.74. The average Bonchev–Trinajstić information content (AvgIpc) is 2.49. The van der Waals surface area contributed by atoms with Crippen molar-refractivity contribution in [1.29, 1.82) is 0 Å². The Hall–Kier alpha value is -0.930. The number of hydrogen-bond acceptors (Lipinski definition) is 0. The van der Waals surface area contributed by atoms with E-state index in [1.807, 2.05) is 0 Å². The third kappa shape index (κ3) is 4.29. The van der Waals surface area contributed by atoms with E-state index in [9.17, 15) is 0 Å². The average molecular weight is 289 g/mol. The Balaban J connectivity index is 1.91. The maximum atomic E-state index is 5.58. The normalized spacial score (nSPS) is 22.1. The van der Waals surface area contributed by atoms with Crippen LogP contribution in [-0.4, -0.2) is 0 Å². The summed E-state index contributed by atoms with van der Waals surface area (Å²) < 4.78 is 0. The molecule has 1 heteroatoms. The fraction of sp³-hybridized carbons (Fsp3) is 0.579. The molecule has 0 heterocycles. The van der Waals surface area contributed by atoms with Gasteiger partial charge in [0.25, 0.3) is 0 Å². The molecule has 1 aromatic rings. The second-order valence-corrected chi connectivity index (χ2v) is 6.21. The van der Waals surface area contributed by atoms with Crippen molar-refractivity contribution < 1.29 is 0 Å². The summed E-state index contributed by atoms with van der Waals surface area (Å²) >= 11 is 5.58. The van der Waals surface area contributed by atoms with E-state index < -0.39 is 0 Å². The number of rotatable bonds is 5. The molecular weight excluding hydrogens is 264 g/mol. The first kappa shape index (κ1) is 15.5. The van der Waals surface area contributed by atoms with E-state index in [2.05, 4.69) is 42.5 Å². The van der Waals surface area contributed by atoms with Crippen molar-refractivity contribution in [2.75, 3.05) is 0 Å². The van der Waals surface area contributed by atoms with Gasteiger partial charge in [-0.2, -0.15) is 0 Å². The van der Waals surface area contributed by atoms with Gasteiger partial charge in [-0.05, 0) is 66.7 Å². The standard InChI is InChI=1S/C19H25Cl/c1-2-3-4-7-16-10-12-18(13-11-16)19-9-6-5-8-17(19)14-15-20/h5-6,8-9,16,18H,2-4,7,10-13H2,1H3. The third-order valence-electron chi connectivity index (χ3n) is 4.65. The highest BCUT2D eigenvalue weighted by Crippen LogP contribution is 2.38. The zero-order chi connectivity index (χ0) is 14.2. The van der Waals surface area contributed by atoms with Crippen LogP contribution in [0.1, 0.15) is 75.3 Å². The molecule has 2 rings (SSSR count). The predicted octanol–water partition coefficient (Wildman–Crippen LogP) is 6.09. The van der Waals surface area contributed by atoms with Crippen molar-refractivity contribution in [1.82, 2.24) is 0 Å². The van der Waals surface area contributed by atoms with Crippen molar-refractivity contribution in [3.8, 4) is 11.3 Å². The number of benzene rings is 1. The van der Waals surface area contributed by atoms with Crippen molar-refractivity contribution in [2.24, 2.45) is 5.92 Å². The highest BCUT2D eigenvalue weighted by molar-refractivity contribution is 6.30. The van der Waals surface area contributed by atoms with Gasteiger partial charge in [-0.15, -0.1) is 0 Å². The maximum absolute atomic E-state index is 5.58. The molecule has 0 amide bonds. The minimum Gasteiger partial charge on any atom is -0.0654 e. The van der Waals surface area contributed by atoms with E-state index >= 15 is 0 Å². The van der Waals surface area contributed by atoms with Gasteiger partial charge in [-0.3, -0.25) is 0 Å². The Morgan fingerprint density at radius 3 is 2.55 bits per heavy atom. The van der Waals surface area contributed by atoms with E-state index in [-0.39, 0.29) is 0 Å². The second kappa shape index (κ2) is 8.38. The summed E-state index contributed by atoms with van der Waals surface area (Å²) in [5, 5.41) is 2.53. The van der Waals surface area contributed by atoms with E-state index in [1.54, 1.807) is 0 Å². The Bertz CT molecular complexity index is 458. The molecule has 0 saturated heterocycles. The molecule has 0 spiro atoms. The molecule has 1 aliphatic carbocycles. The maximum Gasteiger partial charge on any atom is 0.0292 e. The summed E-state index contributed by atoms with van der Waals surface area (Å²) in [6, 6.07) is 8.51. The van der Waals surface area contributed by atoms with Gasteiger partial charge in [-0.1, -0.05) is 50.8 Å². The van der Waals surface area contributed by atoms with Crippen LogP contribution in [0.4, 0.5) is 0 Å². The molecule has 1 aromatic carbocycles. The minimum atomic E-state index is 0.686. The lowest BCUT2D eigenvalue weighted by Gasteiger charge is -2.29. The number of unbranched alkanes of at least 4 members (excludes halogenated alkanes) is 2. The van der Waals surface area contributed by atoms with Gasteiger partial charge in [0.2, 0.25) is 0 Å². The Kier molecular flexibility index (Phi) is 6.48. The molecule has 0 radical (unpaired) electrons. The minimum absolute atomic E-state index is 0.686.